The Bertz CT molecular complexity index is 317. The summed E-state index contributed by atoms with van der Waals surface area (Å²) in [6.45, 7) is 0. The summed E-state index contributed by atoms with van der Waals surface area (Å²) in [5.41, 5.74) is 1.76. The second kappa shape index (κ2) is 2.75. The van der Waals surface area contributed by atoms with Crippen molar-refractivity contribution in [2.75, 3.05) is 0 Å². The molecule has 0 aromatic carbocycles. The van der Waals surface area contributed by atoms with Crippen molar-refractivity contribution in [2.45, 2.75) is 0 Å². The Morgan fingerprint density at radius 1 is 1.27 bits per heavy atom. The first-order valence-corrected chi connectivity index (χ1v) is 3.92. The Morgan fingerprint density at radius 3 is 2.73 bits per heavy atom. The SMILES string of the molecule is [c]1cnc(-c2cncs2)nc1. The lowest BCUT2D eigenvalue weighted by atomic mass is 10.5. The largest absolute Gasteiger partial charge is 0.252 e. The molecule has 0 saturated carbocycles. The molecule has 0 amide bonds. The lowest BCUT2D eigenvalue weighted by molar-refractivity contribution is 1.18. The minimum atomic E-state index is 0.714. The summed E-state index contributed by atoms with van der Waals surface area (Å²) in [5, 5.41) is 0. The van der Waals surface area contributed by atoms with Crippen LogP contribution in [-0.4, -0.2) is 15.0 Å². The molecular formula is C7H4N3S. The summed E-state index contributed by atoms with van der Waals surface area (Å²) in [7, 11) is 0. The van der Waals surface area contributed by atoms with Crippen molar-refractivity contribution < 1.29 is 0 Å². The third-order valence-corrected chi connectivity index (χ3v) is 1.94. The monoisotopic (exact) mass is 162 g/mol. The van der Waals surface area contributed by atoms with Gasteiger partial charge >= 0.3 is 0 Å². The highest BCUT2D eigenvalue weighted by molar-refractivity contribution is 7.13. The first-order chi connectivity index (χ1) is 5.47. The maximum absolute atomic E-state index is 4.02. The molecule has 2 heterocycles. The van der Waals surface area contributed by atoms with E-state index < -0.39 is 0 Å². The molecule has 2 aromatic rings. The lowest BCUT2D eigenvalue weighted by Gasteiger charge is -1.89. The van der Waals surface area contributed by atoms with E-state index in [1.165, 1.54) is 11.3 Å². The molecule has 0 unspecified atom stereocenters. The van der Waals surface area contributed by atoms with Crippen LogP contribution in [0.1, 0.15) is 0 Å². The molecule has 0 aliphatic rings. The van der Waals surface area contributed by atoms with Gasteiger partial charge in [-0.2, -0.15) is 0 Å². The Hall–Kier alpha value is -1.29. The number of hydrogen-bond acceptors (Lipinski definition) is 4. The van der Waals surface area contributed by atoms with Crippen LogP contribution in [0, 0.1) is 6.07 Å². The van der Waals surface area contributed by atoms with Gasteiger partial charge < -0.3 is 0 Å². The zero-order valence-electron chi connectivity index (χ0n) is 5.56. The van der Waals surface area contributed by atoms with Crippen LogP contribution < -0.4 is 0 Å². The van der Waals surface area contributed by atoms with Crippen LogP contribution >= 0.6 is 11.3 Å². The van der Waals surface area contributed by atoms with E-state index in [1.807, 2.05) is 0 Å². The van der Waals surface area contributed by atoms with Crippen molar-refractivity contribution in [2.24, 2.45) is 0 Å². The third kappa shape index (κ3) is 1.25. The maximum atomic E-state index is 4.02. The van der Waals surface area contributed by atoms with E-state index in [9.17, 15) is 0 Å². The van der Waals surface area contributed by atoms with Crippen LogP contribution in [0.25, 0.3) is 10.7 Å². The number of rotatable bonds is 1. The average Bonchev–Trinajstić information content (AvgIpc) is 2.58. The molecule has 4 heteroatoms. The van der Waals surface area contributed by atoms with Crippen molar-refractivity contribution in [1.82, 2.24) is 15.0 Å². The normalized spacial score (nSPS) is 9.82. The van der Waals surface area contributed by atoms with Crippen LogP contribution in [-0.2, 0) is 0 Å². The molecular weight excluding hydrogens is 158 g/mol. The van der Waals surface area contributed by atoms with Crippen LogP contribution in [0.4, 0.5) is 0 Å². The molecule has 0 bridgehead atoms. The van der Waals surface area contributed by atoms with Crippen LogP contribution in [0.3, 0.4) is 0 Å². The smallest absolute Gasteiger partial charge is 0.171 e. The molecule has 53 valence electrons. The quantitative estimate of drug-likeness (QED) is 0.636. The Labute approximate surface area is 67.8 Å². The third-order valence-electron chi connectivity index (χ3n) is 1.18. The van der Waals surface area contributed by atoms with Crippen molar-refractivity contribution in [3.63, 3.8) is 0 Å². The van der Waals surface area contributed by atoms with Crippen molar-refractivity contribution in [1.29, 1.82) is 0 Å². The Balaban J connectivity index is 2.46. The van der Waals surface area contributed by atoms with Crippen LogP contribution in [0.5, 0.6) is 0 Å². The van der Waals surface area contributed by atoms with Gasteiger partial charge in [0.15, 0.2) is 5.82 Å². The van der Waals surface area contributed by atoms with E-state index in [0.29, 0.717) is 5.82 Å². The highest BCUT2D eigenvalue weighted by atomic mass is 32.1. The summed E-state index contributed by atoms with van der Waals surface area (Å²) in [5.74, 6) is 0.714. The molecule has 0 saturated heterocycles. The zero-order chi connectivity index (χ0) is 7.52. The zero-order valence-corrected chi connectivity index (χ0v) is 6.38. The molecule has 0 aliphatic carbocycles. The van der Waals surface area contributed by atoms with E-state index >= 15 is 0 Å². The minimum absolute atomic E-state index is 0.714. The predicted molar refractivity (Wildman–Crippen MR) is 42.0 cm³/mol. The molecule has 0 fully saturated rings. The van der Waals surface area contributed by atoms with Crippen molar-refractivity contribution >= 4 is 11.3 Å². The second-order valence-corrected chi connectivity index (χ2v) is 2.76. The van der Waals surface area contributed by atoms with E-state index in [1.54, 1.807) is 24.1 Å². The van der Waals surface area contributed by atoms with Gasteiger partial charge in [0, 0.05) is 24.7 Å². The molecule has 2 aromatic heterocycles. The predicted octanol–water partition coefficient (Wildman–Crippen LogP) is 1.40. The number of aromatic nitrogens is 3. The summed E-state index contributed by atoms with van der Waals surface area (Å²) < 4.78 is 0. The van der Waals surface area contributed by atoms with Gasteiger partial charge in [0.1, 0.15) is 0 Å². The van der Waals surface area contributed by atoms with Gasteiger partial charge in [-0.25, -0.2) is 9.97 Å². The lowest BCUT2D eigenvalue weighted by Crippen LogP contribution is -1.82. The summed E-state index contributed by atoms with van der Waals surface area (Å²) >= 11 is 1.53. The van der Waals surface area contributed by atoms with Gasteiger partial charge in [-0.15, -0.1) is 11.3 Å². The van der Waals surface area contributed by atoms with Crippen molar-refractivity contribution in [3.05, 3.63) is 30.2 Å². The molecule has 11 heavy (non-hydrogen) atoms. The molecule has 1 radical (unpaired) electrons. The van der Waals surface area contributed by atoms with Crippen LogP contribution in [0.2, 0.25) is 0 Å². The molecule has 0 N–H and O–H groups in total. The standard InChI is InChI=1S/C7H4N3S/c1-2-9-7(10-3-1)6-4-8-5-11-6/h2-5H. The first-order valence-electron chi connectivity index (χ1n) is 3.04. The first kappa shape index (κ1) is 6.42. The fourth-order valence-corrected chi connectivity index (χ4v) is 1.28. The van der Waals surface area contributed by atoms with Gasteiger partial charge in [-0.05, 0) is 0 Å². The van der Waals surface area contributed by atoms with Gasteiger partial charge in [0.25, 0.3) is 0 Å². The fraction of sp³-hybridized carbons (Fsp3) is 0. The number of nitrogens with zero attached hydrogens (tertiary/aromatic N) is 3. The summed E-state index contributed by atoms with van der Waals surface area (Å²) in [4.78, 5) is 13.0. The molecule has 0 atom stereocenters. The van der Waals surface area contributed by atoms with Crippen molar-refractivity contribution in [3.8, 4) is 10.7 Å². The van der Waals surface area contributed by atoms with Gasteiger partial charge in [0.05, 0.1) is 10.4 Å². The molecule has 3 nitrogen and oxygen atoms in total. The topological polar surface area (TPSA) is 38.7 Å². The van der Waals surface area contributed by atoms with E-state index in [2.05, 4.69) is 21.0 Å². The Kier molecular flexibility index (Phi) is 1.61. The van der Waals surface area contributed by atoms with Gasteiger partial charge in [0.2, 0.25) is 0 Å². The number of thiazole rings is 1. The van der Waals surface area contributed by atoms with E-state index in [4.69, 9.17) is 0 Å². The van der Waals surface area contributed by atoms with E-state index in [0.717, 1.165) is 4.88 Å². The highest BCUT2D eigenvalue weighted by Crippen LogP contribution is 2.16. The van der Waals surface area contributed by atoms with E-state index in [-0.39, 0.29) is 0 Å². The summed E-state index contributed by atoms with van der Waals surface area (Å²) in [6, 6.07) is 2.76. The Morgan fingerprint density at radius 2 is 2.09 bits per heavy atom. The molecule has 0 spiro atoms. The highest BCUT2D eigenvalue weighted by Gasteiger charge is 1.98. The second-order valence-electron chi connectivity index (χ2n) is 1.87. The summed E-state index contributed by atoms with van der Waals surface area (Å²) in [6.07, 6.45) is 4.95. The molecule has 2 rings (SSSR count). The molecule has 0 aliphatic heterocycles. The fourth-order valence-electron chi connectivity index (χ4n) is 0.717. The maximum Gasteiger partial charge on any atom is 0.171 e. The number of hydrogen-bond donors (Lipinski definition) is 0. The van der Waals surface area contributed by atoms with Crippen LogP contribution in [0.15, 0.2) is 24.1 Å². The minimum Gasteiger partial charge on any atom is -0.252 e. The van der Waals surface area contributed by atoms with Gasteiger partial charge in [-0.3, -0.25) is 4.98 Å². The average molecular weight is 162 g/mol. The van der Waals surface area contributed by atoms with Gasteiger partial charge in [-0.1, -0.05) is 0 Å².